The van der Waals surface area contributed by atoms with Gasteiger partial charge in [0.25, 0.3) is 0 Å². The number of nitrogens with zero attached hydrogens (tertiary/aromatic N) is 1. The molecule has 156 valence electrons. The van der Waals surface area contributed by atoms with E-state index in [0.717, 1.165) is 24.8 Å². The van der Waals surface area contributed by atoms with Gasteiger partial charge in [-0.2, -0.15) is 0 Å². The van der Waals surface area contributed by atoms with E-state index in [1.165, 1.54) is 18.4 Å². The Bertz CT molecular complexity index is 1180. The molecule has 2 aromatic carbocycles. The topological polar surface area (TPSA) is 68.2 Å². The Balaban J connectivity index is 1.54. The first-order chi connectivity index (χ1) is 14.6. The number of carbonyl (C=O) groups excluding carboxylic acids is 1. The minimum atomic E-state index is -3.67. The van der Waals surface area contributed by atoms with Crippen LogP contribution in [0.1, 0.15) is 32.1 Å². The van der Waals surface area contributed by atoms with Gasteiger partial charge in [0.15, 0.2) is 0 Å². The third kappa shape index (κ3) is 4.33. The molecule has 0 saturated carbocycles. The van der Waals surface area contributed by atoms with Gasteiger partial charge in [0.2, 0.25) is 15.7 Å². The van der Waals surface area contributed by atoms with E-state index in [4.69, 9.17) is 0 Å². The number of hydrogen-bond acceptors (Lipinski definition) is 3. The third-order valence-corrected chi connectivity index (χ3v) is 7.36. The van der Waals surface area contributed by atoms with Crippen LogP contribution in [0.2, 0.25) is 0 Å². The van der Waals surface area contributed by atoms with Gasteiger partial charge < -0.3 is 9.88 Å². The molecule has 1 aliphatic carbocycles. The number of sulfone groups is 1. The molecule has 0 saturated heterocycles. The number of fused-ring (bicyclic) bond motifs is 1. The van der Waals surface area contributed by atoms with E-state index >= 15 is 0 Å². The predicted octanol–water partition coefficient (Wildman–Crippen LogP) is 4.48. The van der Waals surface area contributed by atoms with Gasteiger partial charge in [0.1, 0.15) is 6.54 Å². The summed E-state index contributed by atoms with van der Waals surface area (Å²) in [6, 6.07) is 15.7. The lowest BCUT2D eigenvalue weighted by molar-refractivity contribution is -0.121. The first kappa shape index (κ1) is 20.4. The zero-order chi connectivity index (χ0) is 21.0. The number of allylic oxidation sites excluding steroid dienone is 1. The molecule has 0 aliphatic heterocycles. The number of nitrogens with one attached hydrogen (secondary N) is 1. The SMILES string of the molecule is O=C(Cn1cc(S(=O)(=O)c2ccccc2)c2ccccc21)NCCC1=CCCCC1. The van der Waals surface area contributed by atoms with Crippen molar-refractivity contribution in [3.63, 3.8) is 0 Å². The number of amides is 1. The van der Waals surface area contributed by atoms with Crippen LogP contribution in [-0.4, -0.2) is 25.4 Å². The van der Waals surface area contributed by atoms with Crippen LogP contribution < -0.4 is 5.32 Å². The molecule has 0 atom stereocenters. The van der Waals surface area contributed by atoms with E-state index in [2.05, 4.69) is 11.4 Å². The van der Waals surface area contributed by atoms with Crippen molar-refractivity contribution in [2.75, 3.05) is 6.54 Å². The molecule has 0 unspecified atom stereocenters. The molecular formula is C24H26N2O3S. The largest absolute Gasteiger partial charge is 0.354 e. The molecule has 1 amide bonds. The number of carbonyl (C=O) groups is 1. The maximum Gasteiger partial charge on any atom is 0.239 e. The first-order valence-electron chi connectivity index (χ1n) is 10.4. The molecule has 1 aromatic heterocycles. The summed E-state index contributed by atoms with van der Waals surface area (Å²) in [5.74, 6) is -0.115. The summed E-state index contributed by atoms with van der Waals surface area (Å²) < 4.78 is 28.1. The fourth-order valence-electron chi connectivity index (χ4n) is 3.99. The Morgan fingerprint density at radius 3 is 2.53 bits per heavy atom. The lowest BCUT2D eigenvalue weighted by Gasteiger charge is -2.13. The highest BCUT2D eigenvalue weighted by Gasteiger charge is 2.23. The van der Waals surface area contributed by atoms with Crippen molar-refractivity contribution in [1.82, 2.24) is 9.88 Å². The lowest BCUT2D eigenvalue weighted by Crippen LogP contribution is -2.28. The molecular weight excluding hydrogens is 396 g/mol. The summed E-state index contributed by atoms with van der Waals surface area (Å²) in [6.45, 7) is 0.697. The normalized spacial score (nSPS) is 14.5. The molecule has 5 nitrogen and oxygen atoms in total. The summed E-state index contributed by atoms with van der Waals surface area (Å²) in [5.41, 5.74) is 2.15. The molecule has 0 bridgehead atoms. The summed E-state index contributed by atoms with van der Waals surface area (Å²) in [5, 5.41) is 3.60. The first-order valence-corrected chi connectivity index (χ1v) is 11.9. The Kier molecular flexibility index (Phi) is 6.04. The minimum absolute atomic E-state index is 0.0872. The average Bonchev–Trinajstić information content (AvgIpc) is 3.14. The molecule has 30 heavy (non-hydrogen) atoms. The van der Waals surface area contributed by atoms with Crippen LogP contribution in [0.15, 0.2) is 82.2 Å². The highest BCUT2D eigenvalue weighted by Crippen LogP contribution is 2.30. The van der Waals surface area contributed by atoms with Crippen LogP contribution in [0.4, 0.5) is 0 Å². The van der Waals surface area contributed by atoms with Gasteiger partial charge in [-0.15, -0.1) is 0 Å². The molecule has 3 aromatic rings. The Morgan fingerprint density at radius 1 is 1.00 bits per heavy atom. The molecule has 0 fully saturated rings. The van der Waals surface area contributed by atoms with E-state index in [0.29, 0.717) is 11.9 Å². The molecule has 0 radical (unpaired) electrons. The second kappa shape index (κ2) is 8.88. The smallest absolute Gasteiger partial charge is 0.239 e. The van der Waals surface area contributed by atoms with Crippen LogP contribution in [0, 0.1) is 0 Å². The second-order valence-corrected chi connectivity index (χ2v) is 9.58. The summed E-state index contributed by atoms with van der Waals surface area (Å²) in [4.78, 5) is 13.0. The number of hydrogen-bond donors (Lipinski definition) is 1. The van der Waals surface area contributed by atoms with E-state index in [9.17, 15) is 13.2 Å². The van der Waals surface area contributed by atoms with Crippen molar-refractivity contribution in [3.8, 4) is 0 Å². The van der Waals surface area contributed by atoms with Crippen LogP contribution in [0.3, 0.4) is 0 Å². The third-order valence-electron chi connectivity index (χ3n) is 5.56. The van der Waals surface area contributed by atoms with Gasteiger partial charge in [0.05, 0.1) is 9.79 Å². The van der Waals surface area contributed by atoms with Gasteiger partial charge in [-0.3, -0.25) is 4.79 Å². The quantitative estimate of drug-likeness (QED) is 0.571. The van der Waals surface area contributed by atoms with Crippen molar-refractivity contribution >= 4 is 26.6 Å². The van der Waals surface area contributed by atoms with E-state index < -0.39 is 9.84 Å². The lowest BCUT2D eigenvalue weighted by atomic mass is 9.97. The van der Waals surface area contributed by atoms with Gasteiger partial charge in [-0.05, 0) is 50.3 Å². The highest BCUT2D eigenvalue weighted by molar-refractivity contribution is 7.91. The van der Waals surface area contributed by atoms with Gasteiger partial charge in [-0.25, -0.2) is 8.42 Å². The van der Waals surface area contributed by atoms with Gasteiger partial charge in [0, 0.05) is 23.6 Å². The molecule has 1 N–H and O–H groups in total. The predicted molar refractivity (Wildman–Crippen MR) is 118 cm³/mol. The van der Waals surface area contributed by atoms with Crippen molar-refractivity contribution in [1.29, 1.82) is 0 Å². The Morgan fingerprint density at radius 2 is 1.77 bits per heavy atom. The fraction of sp³-hybridized carbons (Fsp3) is 0.292. The molecule has 0 spiro atoms. The van der Waals surface area contributed by atoms with Gasteiger partial charge >= 0.3 is 0 Å². The van der Waals surface area contributed by atoms with Gasteiger partial charge in [-0.1, -0.05) is 48.0 Å². The summed E-state index contributed by atoms with van der Waals surface area (Å²) >= 11 is 0. The molecule has 6 heteroatoms. The zero-order valence-corrected chi connectivity index (χ0v) is 17.7. The Hall–Kier alpha value is -2.86. The summed E-state index contributed by atoms with van der Waals surface area (Å²) in [6.07, 6.45) is 9.49. The minimum Gasteiger partial charge on any atom is -0.354 e. The number of rotatable bonds is 7. The molecule has 1 heterocycles. The monoisotopic (exact) mass is 422 g/mol. The molecule has 4 rings (SSSR count). The maximum absolute atomic E-state index is 13.2. The van der Waals surface area contributed by atoms with Crippen LogP contribution in [-0.2, 0) is 21.2 Å². The van der Waals surface area contributed by atoms with Crippen molar-refractivity contribution in [2.45, 2.75) is 48.4 Å². The number of para-hydroxylation sites is 1. The van der Waals surface area contributed by atoms with Crippen molar-refractivity contribution < 1.29 is 13.2 Å². The van der Waals surface area contributed by atoms with Crippen LogP contribution in [0.5, 0.6) is 0 Å². The zero-order valence-electron chi connectivity index (χ0n) is 16.9. The van der Waals surface area contributed by atoms with Crippen LogP contribution in [0.25, 0.3) is 10.9 Å². The average molecular weight is 423 g/mol. The van der Waals surface area contributed by atoms with E-state index in [-0.39, 0.29) is 22.2 Å². The standard InChI is InChI=1S/C24H26N2O3S/c27-24(25-16-15-19-9-3-1-4-10-19)18-26-17-23(21-13-7-8-14-22(21)26)30(28,29)20-11-5-2-6-12-20/h2,5-9,11-14,17H,1,3-4,10,15-16,18H2,(H,25,27). The second-order valence-electron chi connectivity index (χ2n) is 7.66. The Labute approximate surface area is 177 Å². The van der Waals surface area contributed by atoms with Crippen molar-refractivity contribution in [3.05, 3.63) is 72.4 Å². The van der Waals surface area contributed by atoms with E-state index in [1.807, 2.05) is 18.2 Å². The van der Waals surface area contributed by atoms with Crippen LogP contribution >= 0.6 is 0 Å². The van der Waals surface area contributed by atoms with E-state index in [1.54, 1.807) is 47.2 Å². The summed E-state index contributed by atoms with van der Waals surface area (Å²) in [7, 11) is -3.67. The highest BCUT2D eigenvalue weighted by atomic mass is 32.2. The number of aromatic nitrogens is 1. The van der Waals surface area contributed by atoms with Crippen molar-refractivity contribution in [2.24, 2.45) is 0 Å². The fourth-order valence-corrected chi connectivity index (χ4v) is 5.49. The molecule has 1 aliphatic rings. The number of benzene rings is 2. The maximum atomic E-state index is 13.2.